The van der Waals surface area contributed by atoms with E-state index in [4.69, 9.17) is 35.7 Å². The van der Waals surface area contributed by atoms with Crippen molar-refractivity contribution in [1.29, 1.82) is 0 Å². The van der Waals surface area contributed by atoms with E-state index in [2.05, 4.69) is 80.7 Å². The Morgan fingerprint density at radius 2 is 0.522 bits per heavy atom. The lowest BCUT2D eigenvalue weighted by Gasteiger charge is -2.02. The van der Waals surface area contributed by atoms with Crippen molar-refractivity contribution in [3.63, 3.8) is 0 Å². The lowest BCUT2D eigenvalue weighted by molar-refractivity contribution is -0.133. The Balaban J connectivity index is -0.000000130. The average Bonchev–Trinajstić information content (AvgIpc) is 3.26. The zero-order valence-corrected chi connectivity index (χ0v) is 44.4. The van der Waals surface area contributed by atoms with Gasteiger partial charge in [-0.1, -0.05) is 179 Å². The zero-order valence-electron chi connectivity index (χ0n) is 44.4. The van der Waals surface area contributed by atoms with Crippen LogP contribution in [0, 0.1) is 11.8 Å². The third-order valence-corrected chi connectivity index (χ3v) is 9.18. The molecule has 0 saturated heterocycles. The van der Waals surface area contributed by atoms with Gasteiger partial charge in [-0.15, -0.1) is 0 Å². The van der Waals surface area contributed by atoms with Gasteiger partial charge in [0.05, 0.1) is 0 Å². The Morgan fingerprint density at radius 3 is 0.754 bits per heavy atom. The summed E-state index contributed by atoms with van der Waals surface area (Å²) in [5.74, 6) is -5.16. The average molecular weight is 981 g/mol. The van der Waals surface area contributed by atoms with Crippen LogP contribution in [0.25, 0.3) is 0 Å². The van der Waals surface area contributed by atoms with E-state index in [9.17, 15) is 33.6 Å². The molecule has 0 spiro atoms. The minimum absolute atomic E-state index is 0.296. The molecule has 0 saturated carbocycles. The first kappa shape index (κ1) is 77.7. The van der Waals surface area contributed by atoms with Gasteiger partial charge in [0, 0.05) is 39.0 Å². The van der Waals surface area contributed by atoms with Crippen LogP contribution in [0.5, 0.6) is 0 Å². The summed E-state index contributed by atoms with van der Waals surface area (Å²) >= 11 is 0. The third kappa shape index (κ3) is 71.6. The monoisotopic (exact) mass is 981 g/mol. The molecular formula is C55H96O14. The summed E-state index contributed by atoms with van der Waals surface area (Å²) in [5.41, 5.74) is 2.23. The summed E-state index contributed by atoms with van der Waals surface area (Å²) < 4.78 is 0. The van der Waals surface area contributed by atoms with Gasteiger partial charge in [0.15, 0.2) is 0 Å². The second kappa shape index (κ2) is 55.1. The molecule has 0 rings (SSSR count). The predicted molar refractivity (Wildman–Crippen MR) is 282 cm³/mol. The number of unbranched alkanes of at least 4 members (excludes halogenated alkanes) is 10. The highest BCUT2D eigenvalue weighted by Crippen LogP contribution is 2.12. The highest BCUT2D eigenvalue weighted by Gasteiger charge is 2.07. The molecule has 0 fully saturated rings. The van der Waals surface area contributed by atoms with Crippen molar-refractivity contribution in [2.75, 3.05) is 0 Å². The number of rotatable bonds is 32. The van der Waals surface area contributed by atoms with Crippen molar-refractivity contribution in [2.45, 2.75) is 210 Å². The minimum Gasteiger partial charge on any atom is -0.478 e. The molecule has 7 N–H and O–H groups in total. The summed E-state index contributed by atoms with van der Waals surface area (Å²) in [7, 11) is 0. The van der Waals surface area contributed by atoms with E-state index in [1.165, 1.54) is 32.1 Å². The maximum absolute atomic E-state index is 10.3. The zero-order chi connectivity index (χ0) is 55.5. The van der Waals surface area contributed by atoms with Crippen molar-refractivity contribution >= 4 is 41.8 Å². The second-order valence-electron chi connectivity index (χ2n) is 17.2. The Bertz CT molecular complexity index is 1530. The molecule has 0 heterocycles. The highest BCUT2D eigenvalue weighted by atomic mass is 16.4. The molecular weight excluding hydrogens is 885 g/mol. The molecule has 0 unspecified atom stereocenters. The van der Waals surface area contributed by atoms with Crippen LogP contribution in [0.4, 0.5) is 0 Å². The quantitative estimate of drug-likeness (QED) is 0.0244. The largest absolute Gasteiger partial charge is 0.478 e. The lowest BCUT2D eigenvalue weighted by Crippen LogP contribution is -2.01. The van der Waals surface area contributed by atoms with E-state index in [-0.39, 0.29) is 0 Å². The number of carboxylic acid groups (broad SMARTS) is 7. The molecule has 0 radical (unpaired) electrons. The molecule has 0 atom stereocenters. The van der Waals surface area contributed by atoms with Crippen LogP contribution in [-0.4, -0.2) is 77.5 Å². The van der Waals surface area contributed by atoms with Gasteiger partial charge in [0.1, 0.15) is 0 Å². The van der Waals surface area contributed by atoms with Crippen LogP contribution < -0.4 is 0 Å². The first-order valence-corrected chi connectivity index (χ1v) is 24.4. The van der Waals surface area contributed by atoms with Crippen molar-refractivity contribution in [1.82, 2.24) is 0 Å². The van der Waals surface area contributed by atoms with Crippen LogP contribution in [0.15, 0.2) is 85.1 Å². The Hall–Kier alpha value is -5.53. The van der Waals surface area contributed by atoms with Crippen LogP contribution in [0.3, 0.4) is 0 Å². The molecule has 0 aromatic carbocycles. The first-order valence-electron chi connectivity index (χ1n) is 24.4. The standard InChI is InChI=1S/C10H18O2.C9H16O2.2C8H14O2.2C7H12O2.C6H10O2/c1-3-4-5-6-7-8-9(2)10(11)12;1-3-4-5-6-7-8(2)9(10)11;1-6(2)4-5-7(3)8(9)10;1-3-4-5-6-7(2)8(9)10;1-5(2)4-6(3)7(8)9;1-3-4-5-6(2)7(8)9;1-3-4-5(2)6(7)8/h2-8H2,1H3,(H,11,12);2-7H2,1H3,(H,10,11);6H,3-5H2,1-2H3,(H,9,10);2-6H2,1H3,(H,9,10);5H,3-4H2,1-2H3,(H,8,9);2-5H2,1H3,(H,8,9);2-4H2,1H3,(H,7,8). The van der Waals surface area contributed by atoms with Crippen LogP contribution >= 0.6 is 0 Å². The second-order valence-corrected chi connectivity index (χ2v) is 17.2. The molecule has 0 bridgehead atoms. The minimum atomic E-state index is -0.885. The van der Waals surface area contributed by atoms with Crippen molar-refractivity contribution in [3.05, 3.63) is 85.1 Å². The molecule has 0 amide bonds. The molecule has 69 heavy (non-hydrogen) atoms. The molecule has 14 heteroatoms. The van der Waals surface area contributed by atoms with Crippen LogP contribution in [0.1, 0.15) is 210 Å². The maximum atomic E-state index is 10.3. The van der Waals surface area contributed by atoms with Gasteiger partial charge in [0.25, 0.3) is 0 Å². The normalized spacial score (nSPS) is 9.43. The number of carbonyl (C=O) groups is 7. The number of hydrogen-bond acceptors (Lipinski definition) is 7. The summed E-state index contributed by atoms with van der Waals surface area (Å²) in [4.78, 5) is 71.2. The Kier molecular flexibility index (Phi) is 62.0. The van der Waals surface area contributed by atoms with Gasteiger partial charge < -0.3 is 35.7 Å². The molecule has 0 aliphatic heterocycles. The van der Waals surface area contributed by atoms with Gasteiger partial charge in [0.2, 0.25) is 0 Å². The number of carboxylic acids is 7. The van der Waals surface area contributed by atoms with Crippen molar-refractivity contribution < 1.29 is 69.3 Å². The fourth-order valence-corrected chi connectivity index (χ4v) is 4.67. The number of aliphatic carboxylic acids is 7. The summed E-state index contributed by atoms with van der Waals surface area (Å²) in [5, 5.41) is 58.6. The van der Waals surface area contributed by atoms with Gasteiger partial charge >= 0.3 is 41.8 Å². The molecule has 400 valence electrons. The Labute approximate surface area is 416 Å². The molecule has 14 nitrogen and oxygen atoms in total. The Morgan fingerprint density at radius 1 is 0.290 bits per heavy atom. The SMILES string of the molecule is C=C(CC(C)C)C(=O)O.C=C(CCC(C)C)C(=O)O.C=C(CCC)C(=O)O.C=C(CCCC)C(=O)O.C=C(CCCCC)C(=O)O.C=C(CCCCCC)C(=O)O.C=C(CCCCCCC)C(=O)O. The van der Waals surface area contributed by atoms with Crippen molar-refractivity contribution in [3.8, 4) is 0 Å². The molecule has 0 aromatic rings. The number of hydrogen-bond donors (Lipinski definition) is 7. The summed E-state index contributed by atoms with van der Waals surface area (Å²) in [6.07, 6.45) is 21.4. The van der Waals surface area contributed by atoms with Gasteiger partial charge in [-0.3, -0.25) is 0 Å². The van der Waals surface area contributed by atoms with Crippen LogP contribution in [-0.2, 0) is 33.6 Å². The third-order valence-electron chi connectivity index (χ3n) is 9.18. The van der Waals surface area contributed by atoms with Gasteiger partial charge in [-0.2, -0.15) is 0 Å². The first-order chi connectivity index (χ1) is 32.0. The lowest BCUT2D eigenvalue weighted by atomic mass is 10.0. The fourth-order valence-electron chi connectivity index (χ4n) is 4.67. The van der Waals surface area contributed by atoms with Crippen LogP contribution in [0.2, 0.25) is 0 Å². The maximum Gasteiger partial charge on any atom is 0.330 e. The van der Waals surface area contributed by atoms with Gasteiger partial charge in [-0.25, -0.2) is 33.6 Å². The van der Waals surface area contributed by atoms with E-state index in [1.54, 1.807) is 0 Å². The van der Waals surface area contributed by atoms with Gasteiger partial charge in [-0.05, 0) is 88.9 Å². The predicted octanol–water partition coefficient (Wildman–Crippen LogP) is 14.8. The van der Waals surface area contributed by atoms with E-state index < -0.39 is 41.8 Å². The topological polar surface area (TPSA) is 261 Å². The summed E-state index contributed by atoms with van der Waals surface area (Å²) in [6, 6.07) is 0. The van der Waals surface area contributed by atoms with E-state index in [0.29, 0.717) is 95.8 Å². The van der Waals surface area contributed by atoms with E-state index in [0.717, 1.165) is 70.6 Å². The van der Waals surface area contributed by atoms with E-state index in [1.807, 2.05) is 27.7 Å². The molecule has 0 aromatic heterocycles. The highest BCUT2D eigenvalue weighted by molar-refractivity contribution is 5.87. The van der Waals surface area contributed by atoms with Crippen molar-refractivity contribution in [2.24, 2.45) is 11.8 Å². The molecule has 0 aliphatic rings. The molecule has 0 aliphatic carbocycles. The fraction of sp³-hybridized carbons (Fsp3) is 0.618. The van der Waals surface area contributed by atoms with E-state index >= 15 is 0 Å². The smallest absolute Gasteiger partial charge is 0.330 e. The summed E-state index contributed by atoms with van der Waals surface area (Å²) in [6.45, 7) is 42.3.